The highest BCUT2D eigenvalue weighted by Crippen LogP contribution is 2.30. The van der Waals surface area contributed by atoms with E-state index in [1.54, 1.807) is 16.2 Å². The van der Waals surface area contributed by atoms with Gasteiger partial charge in [-0.1, -0.05) is 22.9 Å². The lowest BCUT2D eigenvalue weighted by atomic mass is 10.3. The first-order chi connectivity index (χ1) is 7.13. The van der Waals surface area contributed by atoms with Gasteiger partial charge in [0.05, 0.1) is 10.5 Å². The van der Waals surface area contributed by atoms with E-state index in [0.29, 0.717) is 0 Å². The molecule has 0 spiro atoms. The maximum absolute atomic E-state index is 11.8. The molecule has 0 aliphatic carbocycles. The predicted molar refractivity (Wildman–Crippen MR) is 65.9 cm³/mol. The Bertz CT molecular complexity index is 391. The van der Waals surface area contributed by atoms with Crippen LogP contribution in [-0.4, -0.2) is 22.3 Å². The van der Waals surface area contributed by atoms with Crippen molar-refractivity contribution in [2.75, 3.05) is 11.4 Å². The van der Waals surface area contributed by atoms with Crippen LogP contribution >= 0.6 is 27.3 Å². The Kier molecular flexibility index (Phi) is 3.11. The number of halogens is 1. The van der Waals surface area contributed by atoms with E-state index in [4.69, 9.17) is 0 Å². The lowest BCUT2D eigenvalue weighted by Crippen LogP contribution is -2.26. The molecule has 15 heavy (non-hydrogen) atoms. The van der Waals surface area contributed by atoms with Crippen LogP contribution in [0, 0.1) is 6.92 Å². The van der Waals surface area contributed by atoms with E-state index in [1.807, 2.05) is 0 Å². The van der Waals surface area contributed by atoms with Crippen molar-refractivity contribution in [2.24, 2.45) is 0 Å². The number of thiazole rings is 1. The van der Waals surface area contributed by atoms with E-state index >= 15 is 0 Å². The molecular weight excluding hydrogens is 276 g/mol. The Morgan fingerprint density at radius 3 is 2.87 bits per heavy atom. The summed E-state index contributed by atoms with van der Waals surface area (Å²) in [4.78, 5) is 19.2. The number of amides is 1. The van der Waals surface area contributed by atoms with Crippen molar-refractivity contribution >= 4 is 38.3 Å². The van der Waals surface area contributed by atoms with Crippen molar-refractivity contribution in [3.63, 3.8) is 0 Å². The summed E-state index contributed by atoms with van der Waals surface area (Å²) in [7, 11) is 0. The second-order valence-corrected chi connectivity index (χ2v) is 5.89. The Morgan fingerprint density at radius 1 is 1.67 bits per heavy atom. The SMILES string of the molecule is CCc1nc(N2CCC(Br)C2=O)sc1C. The summed E-state index contributed by atoms with van der Waals surface area (Å²) in [5.41, 5.74) is 1.11. The number of aromatic nitrogens is 1. The van der Waals surface area contributed by atoms with Gasteiger partial charge in [0.15, 0.2) is 5.13 Å². The third-order valence-electron chi connectivity index (χ3n) is 2.59. The zero-order valence-electron chi connectivity index (χ0n) is 8.79. The fraction of sp³-hybridized carbons (Fsp3) is 0.600. The van der Waals surface area contributed by atoms with E-state index < -0.39 is 0 Å². The van der Waals surface area contributed by atoms with Crippen LogP contribution in [0.1, 0.15) is 23.9 Å². The molecule has 1 aliphatic rings. The molecule has 1 aromatic heterocycles. The molecule has 1 unspecified atom stereocenters. The smallest absolute Gasteiger partial charge is 0.242 e. The molecule has 1 amide bonds. The molecule has 0 N–H and O–H groups in total. The van der Waals surface area contributed by atoms with E-state index in [0.717, 1.165) is 30.2 Å². The molecule has 2 heterocycles. The topological polar surface area (TPSA) is 33.2 Å². The summed E-state index contributed by atoms with van der Waals surface area (Å²) >= 11 is 4.98. The molecule has 3 nitrogen and oxygen atoms in total. The van der Waals surface area contributed by atoms with Gasteiger partial charge in [0.1, 0.15) is 0 Å². The molecule has 0 saturated carbocycles. The van der Waals surface area contributed by atoms with E-state index in [2.05, 4.69) is 34.8 Å². The number of anilines is 1. The zero-order valence-corrected chi connectivity index (χ0v) is 11.2. The standard InChI is InChI=1S/C10H13BrN2OS/c1-3-8-6(2)15-10(12-8)13-5-4-7(11)9(13)14/h7H,3-5H2,1-2H3. The lowest BCUT2D eigenvalue weighted by molar-refractivity contribution is -0.116. The third-order valence-corrected chi connectivity index (χ3v) is 4.47. The van der Waals surface area contributed by atoms with Crippen LogP contribution in [0.25, 0.3) is 0 Å². The Labute approximate surface area is 102 Å². The molecule has 5 heteroatoms. The molecule has 82 valence electrons. The van der Waals surface area contributed by atoms with Gasteiger partial charge in [-0.15, -0.1) is 11.3 Å². The minimum absolute atomic E-state index is 0.0215. The van der Waals surface area contributed by atoms with Crippen LogP contribution in [0.5, 0.6) is 0 Å². The highest BCUT2D eigenvalue weighted by atomic mass is 79.9. The minimum atomic E-state index is -0.0215. The number of nitrogens with zero attached hydrogens (tertiary/aromatic N) is 2. The van der Waals surface area contributed by atoms with Gasteiger partial charge in [-0.25, -0.2) is 4.98 Å². The normalized spacial score (nSPS) is 21.4. The fourth-order valence-electron chi connectivity index (χ4n) is 1.69. The highest BCUT2D eigenvalue weighted by Gasteiger charge is 2.32. The van der Waals surface area contributed by atoms with Crippen molar-refractivity contribution in [1.29, 1.82) is 0 Å². The maximum atomic E-state index is 11.8. The number of carbonyl (C=O) groups is 1. The molecular formula is C10H13BrN2OS. The molecule has 1 atom stereocenters. The van der Waals surface area contributed by atoms with Crippen molar-refractivity contribution in [3.05, 3.63) is 10.6 Å². The Balaban J connectivity index is 2.26. The lowest BCUT2D eigenvalue weighted by Gasteiger charge is -2.10. The van der Waals surface area contributed by atoms with Crippen LogP contribution in [0.2, 0.25) is 0 Å². The Morgan fingerprint density at radius 2 is 2.40 bits per heavy atom. The van der Waals surface area contributed by atoms with Gasteiger partial charge < -0.3 is 0 Å². The van der Waals surface area contributed by atoms with Gasteiger partial charge >= 0.3 is 0 Å². The summed E-state index contributed by atoms with van der Waals surface area (Å²) in [5.74, 6) is 0.145. The average molecular weight is 289 g/mol. The summed E-state index contributed by atoms with van der Waals surface area (Å²) < 4.78 is 0. The van der Waals surface area contributed by atoms with E-state index in [-0.39, 0.29) is 10.7 Å². The number of rotatable bonds is 2. The molecule has 1 aliphatic heterocycles. The average Bonchev–Trinajstić information content (AvgIpc) is 2.72. The predicted octanol–water partition coefficient (Wildman–Crippen LogP) is 2.51. The molecule has 1 fully saturated rings. The van der Waals surface area contributed by atoms with Crippen molar-refractivity contribution < 1.29 is 4.79 Å². The summed E-state index contributed by atoms with van der Waals surface area (Å²) in [5, 5.41) is 0.858. The van der Waals surface area contributed by atoms with Crippen LogP contribution in [0.15, 0.2) is 0 Å². The highest BCUT2D eigenvalue weighted by molar-refractivity contribution is 9.10. The number of hydrogen-bond donors (Lipinski definition) is 0. The monoisotopic (exact) mass is 288 g/mol. The van der Waals surface area contributed by atoms with Gasteiger partial charge in [-0.05, 0) is 19.8 Å². The summed E-state index contributed by atoms with van der Waals surface area (Å²) in [6.07, 6.45) is 1.81. The summed E-state index contributed by atoms with van der Waals surface area (Å²) in [6.45, 7) is 4.93. The number of alkyl halides is 1. The van der Waals surface area contributed by atoms with Gasteiger partial charge in [0.2, 0.25) is 5.91 Å². The van der Waals surface area contributed by atoms with Gasteiger partial charge in [0, 0.05) is 11.4 Å². The van der Waals surface area contributed by atoms with E-state index in [1.165, 1.54) is 4.88 Å². The van der Waals surface area contributed by atoms with Crippen LogP contribution in [-0.2, 0) is 11.2 Å². The number of aryl methyl sites for hydroxylation is 2. The number of carbonyl (C=O) groups excluding carboxylic acids is 1. The van der Waals surface area contributed by atoms with Crippen molar-refractivity contribution in [2.45, 2.75) is 31.5 Å². The number of hydrogen-bond acceptors (Lipinski definition) is 3. The maximum Gasteiger partial charge on any atom is 0.242 e. The molecule has 0 radical (unpaired) electrons. The molecule has 0 aromatic carbocycles. The minimum Gasteiger partial charge on any atom is -0.287 e. The first-order valence-corrected chi connectivity index (χ1v) is 6.78. The first-order valence-electron chi connectivity index (χ1n) is 5.05. The van der Waals surface area contributed by atoms with Gasteiger partial charge in [-0.2, -0.15) is 0 Å². The fourth-order valence-corrected chi connectivity index (χ4v) is 3.17. The quantitative estimate of drug-likeness (QED) is 0.784. The summed E-state index contributed by atoms with van der Waals surface area (Å²) in [6, 6.07) is 0. The van der Waals surface area contributed by atoms with Crippen LogP contribution < -0.4 is 4.90 Å². The first kappa shape index (κ1) is 11.1. The van der Waals surface area contributed by atoms with Gasteiger partial charge in [0.25, 0.3) is 0 Å². The molecule has 1 aromatic rings. The molecule has 0 bridgehead atoms. The van der Waals surface area contributed by atoms with Crippen molar-refractivity contribution in [3.8, 4) is 0 Å². The van der Waals surface area contributed by atoms with Crippen molar-refractivity contribution in [1.82, 2.24) is 4.98 Å². The van der Waals surface area contributed by atoms with E-state index in [9.17, 15) is 4.79 Å². The van der Waals surface area contributed by atoms with Crippen LogP contribution in [0.3, 0.4) is 0 Å². The second-order valence-electron chi connectivity index (χ2n) is 3.60. The Hall–Kier alpha value is -0.420. The second kappa shape index (κ2) is 4.22. The van der Waals surface area contributed by atoms with Crippen LogP contribution in [0.4, 0.5) is 5.13 Å². The zero-order chi connectivity index (χ0) is 11.0. The van der Waals surface area contributed by atoms with Gasteiger partial charge in [-0.3, -0.25) is 9.69 Å². The third kappa shape index (κ3) is 1.95. The molecule has 1 saturated heterocycles. The molecule has 2 rings (SSSR count). The largest absolute Gasteiger partial charge is 0.287 e.